The number of hydrogen-bond acceptors (Lipinski definition) is 4. The van der Waals surface area contributed by atoms with Gasteiger partial charge in [-0.25, -0.2) is 9.97 Å². The highest BCUT2D eigenvalue weighted by Gasteiger charge is 2.12. The van der Waals surface area contributed by atoms with Crippen molar-refractivity contribution in [2.45, 2.75) is 33.1 Å². The summed E-state index contributed by atoms with van der Waals surface area (Å²) >= 11 is 0. The summed E-state index contributed by atoms with van der Waals surface area (Å²) in [5, 5.41) is 3.40. The molecule has 0 atom stereocenters. The van der Waals surface area contributed by atoms with Crippen molar-refractivity contribution in [3.8, 4) is 17.0 Å². The molecule has 0 bridgehead atoms. The van der Waals surface area contributed by atoms with Crippen molar-refractivity contribution in [2.75, 3.05) is 19.0 Å². The van der Waals surface area contributed by atoms with Gasteiger partial charge in [-0.15, -0.1) is 0 Å². The lowest BCUT2D eigenvalue weighted by Crippen LogP contribution is -2.07. The SMILES string of the molecule is CCCNc1ncnc(-c2cccc(OC)c2)c1CCC. The number of aromatic nitrogens is 2. The number of nitrogens with zero attached hydrogens (tertiary/aromatic N) is 2. The van der Waals surface area contributed by atoms with Gasteiger partial charge in [0, 0.05) is 17.7 Å². The summed E-state index contributed by atoms with van der Waals surface area (Å²) in [7, 11) is 1.68. The van der Waals surface area contributed by atoms with E-state index < -0.39 is 0 Å². The Morgan fingerprint density at radius 1 is 1.14 bits per heavy atom. The number of rotatable bonds is 7. The lowest BCUT2D eigenvalue weighted by Gasteiger charge is -2.14. The number of benzene rings is 1. The van der Waals surface area contributed by atoms with Gasteiger partial charge in [-0.05, 0) is 25.0 Å². The van der Waals surface area contributed by atoms with Crippen molar-refractivity contribution in [2.24, 2.45) is 0 Å². The van der Waals surface area contributed by atoms with Crippen molar-refractivity contribution < 1.29 is 4.74 Å². The first kappa shape index (κ1) is 15.3. The second-order valence-corrected chi connectivity index (χ2v) is 4.96. The molecule has 0 spiro atoms. The minimum Gasteiger partial charge on any atom is -0.497 e. The number of nitrogens with one attached hydrogen (secondary N) is 1. The summed E-state index contributed by atoms with van der Waals surface area (Å²) in [5.41, 5.74) is 3.24. The molecule has 1 aromatic carbocycles. The molecule has 0 aliphatic heterocycles. The fourth-order valence-electron chi connectivity index (χ4n) is 2.31. The number of hydrogen-bond donors (Lipinski definition) is 1. The monoisotopic (exact) mass is 285 g/mol. The predicted octanol–water partition coefficient (Wildman–Crippen LogP) is 3.93. The molecule has 21 heavy (non-hydrogen) atoms. The maximum Gasteiger partial charge on any atom is 0.133 e. The van der Waals surface area contributed by atoms with Crippen LogP contribution in [0.1, 0.15) is 32.3 Å². The zero-order valence-electron chi connectivity index (χ0n) is 13.0. The van der Waals surface area contributed by atoms with Crippen LogP contribution >= 0.6 is 0 Å². The second-order valence-electron chi connectivity index (χ2n) is 4.96. The lowest BCUT2D eigenvalue weighted by atomic mass is 10.0. The van der Waals surface area contributed by atoms with Gasteiger partial charge in [-0.1, -0.05) is 32.4 Å². The highest BCUT2D eigenvalue weighted by atomic mass is 16.5. The maximum atomic E-state index is 5.31. The summed E-state index contributed by atoms with van der Waals surface area (Å²) < 4.78 is 5.31. The van der Waals surface area contributed by atoms with E-state index in [9.17, 15) is 0 Å². The van der Waals surface area contributed by atoms with E-state index >= 15 is 0 Å². The molecule has 0 unspecified atom stereocenters. The molecule has 2 aromatic rings. The average Bonchev–Trinajstić information content (AvgIpc) is 2.54. The smallest absolute Gasteiger partial charge is 0.133 e. The van der Waals surface area contributed by atoms with Gasteiger partial charge in [-0.3, -0.25) is 0 Å². The molecule has 2 rings (SSSR count). The normalized spacial score (nSPS) is 10.4. The van der Waals surface area contributed by atoms with Gasteiger partial charge in [0.05, 0.1) is 12.8 Å². The Labute approximate surface area is 126 Å². The van der Waals surface area contributed by atoms with Crippen molar-refractivity contribution >= 4 is 5.82 Å². The first-order chi connectivity index (χ1) is 10.3. The first-order valence-corrected chi connectivity index (χ1v) is 7.52. The fourth-order valence-corrected chi connectivity index (χ4v) is 2.31. The van der Waals surface area contributed by atoms with E-state index in [1.165, 1.54) is 5.56 Å². The Bertz CT molecular complexity index is 584. The Kier molecular flexibility index (Phi) is 5.55. The Hall–Kier alpha value is -2.10. The van der Waals surface area contributed by atoms with E-state index in [1.54, 1.807) is 13.4 Å². The zero-order valence-corrected chi connectivity index (χ0v) is 13.0. The topological polar surface area (TPSA) is 47.0 Å². The first-order valence-electron chi connectivity index (χ1n) is 7.52. The summed E-state index contributed by atoms with van der Waals surface area (Å²) in [6, 6.07) is 8.02. The molecule has 0 aliphatic rings. The van der Waals surface area contributed by atoms with Crippen LogP contribution in [0.3, 0.4) is 0 Å². The van der Waals surface area contributed by atoms with Gasteiger partial charge >= 0.3 is 0 Å². The van der Waals surface area contributed by atoms with E-state index in [0.29, 0.717) is 0 Å². The molecule has 0 fully saturated rings. The van der Waals surface area contributed by atoms with Crippen LogP contribution in [0, 0.1) is 0 Å². The third-order valence-corrected chi connectivity index (χ3v) is 3.33. The Morgan fingerprint density at radius 3 is 2.71 bits per heavy atom. The van der Waals surface area contributed by atoms with Crippen LogP contribution < -0.4 is 10.1 Å². The summed E-state index contributed by atoms with van der Waals surface area (Å²) in [5.74, 6) is 1.79. The molecule has 0 radical (unpaired) electrons. The van der Waals surface area contributed by atoms with Gasteiger partial charge in [-0.2, -0.15) is 0 Å². The van der Waals surface area contributed by atoms with Crippen LogP contribution in [0.15, 0.2) is 30.6 Å². The lowest BCUT2D eigenvalue weighted by molar-refractivity contribution is 0.415. The predicted molar refractivity (Wildman–Crippen MR) is 86.8 cm³/mol. The largest absolute Gasteiger partial charge is 0.497 e. The Balaban J connectivity index is 2.45. The molecule has 4 nitrogen and oxygen atoms in total. The standard InChI is InChI=1S/C17H23N3O/c1-4-7-15-16(13-8-6-9-14(11-13)21-3)19-12-20-17(15)18-10-5-2/h6,8-9,11-12H,4-5,7,10H2,1-3H3,(H,18,19,20). The van der Waals surface area contributed by atoms with Gasteiger partial charge < -0.3 is 10.1 Å². The fraction of sp³-hybridized carbons (Fsp3) is 0.412. The maximum absolute atomic E-state index is 5.31. The minimum absolute atomic E-state index is 0.844. The van der Waals surface area contributed by atoms with Crippen molar-refractivity contribution in [3.05, 3.63) is 36.2 Å². The van der Waals surface area contributed by atoms with Crippen LogP contribution in [0.2, 0.25) is 0 Å². The third kappa shape index (κ3) is 3.72. The molecule has 1 N–H and O–H groups in total. The van der Waals surface area contributed by atoms with Gasteiger partial charge in [0.15, 0.2) is 0 Å². The van der Waals surface area contributed by atoms with E-state index in [0.717, 1.165) is 48.6 Å². The van der Waals surface area contributed by atoms with Crippen LogP contribution in [-0.2, 0) is 6.42 Å². The van der Waals surface area contributed by atoms with Crippen LogP contribution in [0.4, 0.5) is 5.82 Å². The summed E-state index contributed by atoms with van der Waals surface area (Å²) in [6.07, 6.45) is 4.72. The molecule has 0 aliphatic carbocycles. The molecule has 1 aromatic heterocycles. The average molecular weight is 285 g/mol. The molecule has 0 saturated heterocycles. The van der Waals surface area contributed by atoms with E-state index in [1.807, 2.05) is 18.2 Å². The van der Waals surface area contributed by atoms with E-state index in [-0.39, 0.29) is 0 Å². The summed E-state index contributed by atoms with van der Waals surface area (Å²) in [4.78, 5) is 8.92. The van der Waals surface area contributed by atoms with Crippen LogP contribution in [-0.4, -0.2) is 23.6 Å². The molecule has 4 heteroatoms. The van der Waals surface area contributed by atoms with Crippen molar-refractivity contribution in [1.82, 2.24) is 9.97 Å². The molecule has 0 saturated carbocycles. The molecular weight excluding hydrogens is 262 g/mol. The van der Waals surface area contributed by atoms with Gasteiger partial charge in [0.1, 0.15) is 17.9 Å². The zero-order chi connectivity index (χ0) is 15.1. The number of anilines is 1. The molecular formula is C17H23N3O. The third-order valence-electron chi connectivity index (χ3n) is 3.33. The molecule has 1 heterocycles. The molecule has 112 valence electrons. The summed E-state index contributed by atoms with van der Waals surface area (Å²) in [6.45, 7) is 5.24. The highest BCUT2D eigenvalue weighted by molar-refractivity contribution is 5.69. The van der Waals surface area contributed by atoms with Crippen LogP contribution in [0.5, 0.6) is 5.75 Å². The number of ether oxygens (including phenoxy) is 1. The second kappa shape index (κ2) is 7.62. The minimum atomic E-state index is 0.844. The van der Waals surface area contributed by atoms with E-state index in [4.69, 9.17) is 4.74 Å². The van der Waals surface area contributed by atoms with Gasteiger partial charge in [0.25, 0.3) is 0 Å². The van der Waals surface area contributed by atoms with Crippen LogP contribution in [0.25, 0.3) is 11.3 Å². The highest BCUT2D eigenvalue weighted by Crippen LogP contribution is 2.29. The molecule has 0 amide bonds. The quantitative estimate of drug-likeness (QED) is 0.837. The number of methoxy groups -OCH3 is 1. The van der Waals surface area contributed by atoms with Gasteiger partial charge in [0.2, 0.25) is 0 Å². The van der Waals surface area contributed by atoms with E-state index in [2.05, 4.69) is 35.2 Å². The Morgan fingerprint density at radius 2 is 2.00 bits per heavy atom. The van der Waals surface area contributed by atoms with Crippen molar-refractivity contribution in [3.63, 3.8) is 0 Å². The van der Waals surface area contributed by atoms with Crippen molar-refractivity contribution in [1.29, 1.82) is 0 Å².